The highest BCUT2D eigenvalue weighted by molar-refractivity contribution is 8.00. The van der Waals surface area contributed by atoms with Gasteiger partial charge in [-0.3, -0.25) is 4.79 Å². The molecule has 0 saturated carbocycles. The monoisotopic (exact) mass is 440 g/mol. The maximum absolute atomic E-state index is 13.1. The van der Waals surface area contributed by atoms with Gasteiger partial charge < -0.3 is 5.32 Å². The lowest BCUT2D eigenvalue weighted by atomic mass is 10.1. The van der Waals surface area contributed by atoms with Crippen molar-refractivity contribution in [1.29, 1.82) is 5.26 Å². The Balaban J connectivity index is 1.68. The lowest BCUT2D eigenvalue weighted by Gasteiger charge is -2.12. The number of amides is 1. The Morgan fingerprint density at radius 3 is 2.60 bits per heavy atom. The standard InChI is InChI=1S/C22H21FN4OS2/c1-13(2)10-18-9-6-16(11-24)21(25-18)30-14(3)20(28)27-22-26-19(12-29-22)15-4-7-17(23)8-5-15/h4-9,12-14H,10H2,1-3H3,(H,26,27,28). The van der Waals surface area contributed by atoms with Crippen molar-refractivity contribution in [2.75, 3.05) is 5.32 Å². The number of thioether (sulfide) groups is 1. The van der Waals surface area contributed by atoms with Gasteiger partial charge in [-0.1, -0.05) is 25.6 Å². The first-order chi connectivity index (χ1) is 14.4. The molecular formula is C22H21FN4OS2. The molecule has 1 amide bonds. The van der Waals surface area contributed by atoms with Gasteiger partial charge in [-0.2, -0.15) is 5.26 Å². The molecule has 0 saturated heterocycles. The molecule has 1 aromatic carbocycles. The molecule has 2 aromatic heterocycles. The summed E-state index contributed by atoms with van der Waals surface area (Å²) in [6, 6.07) is 11.8. The molecule has 3 aromatic rings. The number of nitrogens with zero attached hydrogens (tertiary/aromatic N) is 3. The molecule has 30 heavy (non-hydrogen) atoms. The summed E-state index contributed by atoms with van der Waals surface area (Å²) in [4.78, 5) is 21.6. The lowest BCUT2D eigenvalue weighted by Crippen LogP contribution is -2.22. The molecule has 0 spiro atoms. The van der Waals surface area contributed by atoms with E-state index < -0.39 is 5.25 Å². The Morgan fingerprint density at radius 1 is 1.20 bits per heavy atom. The molecule has 0 bridgehead atoms. The summed E-state index contributed by atoms with van der Waals surface area (Å²) in [5.74, 6) is -0.0830. The van der Waals surface area contributed by atoms with E-state index in [0.29, 0.717) is 27.3 Å². The third kappa shape index (κ3) is 5.65. The first-order valence-electron chi connectivity index (χ1n) is 9.44. The number of benzene rings is 1. The van der Waals surface area contributed by atoms with Crippen molar-refractivity contribution in [2.24, 2.45) is 5.92 Å². The number of rotatable bonds is 7. The molecular weight excluding hydrogens is 419 g/mol. The van der Waals surface area contributed by atoms with Gasteiger partial charge in [0.25, 0.3) is 0 Å². The summed E-state index contributed by atoms with van der Waals surface area (Å²) in [6.07, 6.45) is 0.811. The zero-order valence-electron chi connectivity index (χ0n) is 16.8. The molecule has 0 radical (unpaired) electrons. The van der Waals surface area contributed by atoms with Crippen LogP contribution in [0.15, 0.2) is 46.8 Å². The minimum atomic E-state index is -0.461. The largest absolute Gasteiger partial charge is 0.301 e. The van der Waals surface area contributed by atoms with Crippen LogP contribution < -0.4 is 5.32 Å². The van der Waals surface area contributed by atoms with E-state index in [1.807, 2.05) is 11.4 Å². The number of hydrogen-bond acceptors (Lipinski definition) is 6. The maximum Gasteiger partial charge on any atom is 0.239 e. The van der Waals surface area contributed by atoms with Crippen LogP contribution in [0.2, 0.25) is 0 Å². The number of nitriles is 1. The number of anilines is 1. The van der Waals surface area contributed by atoms with E-state index in [2.05, 4.69) is 35.2 Å². The fourth-order valence-electron chi connectivity index (χ4n) is 2.70. The summed E-state index contributed by atoms with van der Waals surface area (Å²) >= 11 is 2.56. The summed E-state index contributed by atoms with van der Waals surface area (Å²) in [5, 5.41) is 14.6. The molecule has 0 aliphatic rings. The molecule has 154 valence electrons. The van der Waals surface area contributed by atoms with Gasteiger partial charge in [0.1, 0.15) is 16.9 Å². The highest BCUT2D eigenvalue weighted by Crippen LogP contribution is 2.28. The number of carbonyl (C=O) groups excluding carboxylic acids is 1. The Kier molecular flexibility index (Phi) is 7.19. The van der Waals surface area contributed by atoms with Crippen molar-refractivity contribution >= 4 is 34.1 Å². The van der Waals surface area contributed by atoms with Crippen LogP contribution >= 0.6 is 23.1 Å². The minimum absolute atomic E-state index is 0.222. The second-order valence-electron chi connectivity index (χ2n) is 7.16. The quantitative estimate of drug-likeness (QED) is 0.489. The summed E-state index contributed by atoms with van der Waals surface area (Å²) in [7, 11) is 0. The van der Waals surface area contributed by atoms with E-state index in [1.54, 1.807) is 25.1 Å². The Labute approximate surface area is 183 Å². The van der Waals surface area contributed by atoms with E-state index >= 15 is 0 Å². The first-order valence-corrected chi connectivity index (χ1v) is 11.2. The molecule has 1 N–H and O–H groups in total. The summed E-state index contributed by atoms with van der Waals surface area (Å²) in [5.41, 5.74) is 2.81. The number of halogens is 1. The molecule has 0 fully saturated rings. The van der Waals surface area contributed by atoms with Crippen LogP contribution in [0.4, 0.5) is 9.52 Å². The van der Waals surface area contributed by atoms with Gasteiger partial charge in [-0.15, -0.1) is 11.3 Å². The number of thiazole rings is 1. The molecule has 1 unspecified atom stereocenters. The second-order valence-corrected chi connectivity index (χ2v) is 9.35. The van der Waals surface area contributed by atoms with Crippen molar-refractivity contribution in [2.45, 2.75) is 37.5 Å². The topological polar surface area (TPSA) is 78.7 Å². The number of pyridine rings is 1. The van der Waals surface area contributed by atoms with E-state index in [-0.39, 0.29) is 11.7 Å². The third-order valence-electron chi connectivity index (χ3n) is 4.19. The number of nitrogens with one attached hydrogen (secondary N) is 1. The van der Waals surface area contributed by atoms with E-state index in [1.165, 1.54) is 35.2 Å². The van der Waals surface area contributed by atoms with Gasteiger partial charge >= 0.3 is 0 Å². The normalized spacial score (nSPS) is 11.9. The molecule has 3 rings (SSSR count). The number of hydrogen-bond donors (Lipinski definition) is 1. The van der Waals surface area contributed by atoms with Crippen LogP contribution in [0.3, 0.4) is 0 Å². The Hall–Kier alpha value is -2.76. The van der Waals surface area contributed by atoms with Crippen LogP contribution in [0, 0.1) is 23.1 Å². The van der Waals surface area contributed by atoms with E-state index in [9.17, 15) is 14.4 Å². The average molecular weight is 441 g/mol. The van der Waals surface area contributed by atoms with Crippen LogP contribution in [-0.4, -0.2) is 21.1 Å². The van der Waals surface area contributed by atoms with Crippen molar-refractivity contribution in [3.05, 3.63) is 58.9 Å². The molecule has 0 aliphatic heterocycles. The lowest BCUT2D eigenvalue weighted by molar-refractivity contribution is -0.115. The fraction of sp³-hybridized carbons (Fsp3) is 0.273. The van der Waals surface area contributed by atoms with E-state index in [0.717, 1.165) is 17.7 Å². The molecule has 2 heterocycles. The van der Waals surface area contributed by atoms with Crippen molar-refractivity contribution in [3.8, 4) is 17.3 Å². The van der Waals surface area contributed by atoms with Crippen molar-refractivity contribution < 1.29 is 9.18 Å². The maximum atomic E-state index is 13.1. The number of aromatic nitrogens is 2. The smallest absolute Gasteiger partial charge is 0.239 e. The van der Waals surface area contributed by atoms with Gasteiger partial charge in [0.2, 0.25) is 5.91 Å². The predicted octanol–water partition coefficient (Wildman–Crippen LogP) is 5.53. The predicted molar refractivity (Wildman–Crippen MR) is 119 cm³/mol. The van der Waals surface area contributed by atoms with Gasteiger partial charge in [0.15, 0.2) is 5.13 Å². The average Bonchev–Trinajstić information content (AvgIpc) is 3.16. The second kappa shape index (κ2) is 9.83. The molecule has 1 atom stereocenters. The summed E-state index contributed by atoms with van der Waals surface area (Å²) in [6.45, 7) is 5.99. The summed E-state index contributed by atoms with van der Waals surface area (Å²) < 4.78 is 13.1. The highest BCUT2D eigenvalue weighted by atomic mass is 32.2. The van der Waals surface area contributed by atoms with E-state index in [4.69, 9.17) is 0 Å². The van der Waals surface area contributed by atoms with Gasteiger partial charge in [-0.25, -0.2) is 14.4 Å². The third-order valence-corrected chi connectivity index (χ3v) is 6.05. The zero-order chi connectivity index (χ0) is 21.7. The number of carbonyl (C=O) groups is 1. The first kappa shape index (κ1) is 21.9. The Bertz CT molecular complexity index is 1070. The van der Waals surface area contributed by atoms with Crippen molar-refractivity contribution in [1.82, 2.24) is 9.97 Å². The SMILES string of the molecule is CC(C)Cc1ccc(C#N)c(SC(C)C(=O)Nc2nc(-c3ccc(F)cc3)cs2)n1. The molecule has 5 nitrogen and oxygen atoms in total. The van der Waals surface area contributed by atoms with Crippen LogP contribution in [-0.2, 0) is 11.2 Å². The zero-order valence-corrected chi connectivity index (χ0v) is 18.5. The van der Waals surface area contributed by atoms with Crippen LogP contribution in [0.5, 0.6) is 0 Å². The highest BCUT2D eigenvalue weighted by Gasteiger charge is 2.19. The molecule has 0 aliphatic carbocycles. The van der Waals surface area contributed by atoms with Crippen LogP contribution in [0.1, 0.15) is 32.0 Å². The Morgan fingerprint density at radius 2 is 1.93 bits per heavy atom. The van der Waals surface area contributed by atoms with Crippen LogP contribution in [0.25, 0.3) is 11.3 Å². The minimum Gasteiger partial charge on any atom is -0.301 e. The fourth-order valence-corrected chi connectivity index (χ4v) is 4.33. The molecule has 8 heteroatoms. The van der Waals surface area contributed by atoms with Gasteiger partial charge in [0, 0.05) is 16.6 Å². The van der Waals surface area contributed by atoms with Crippen molar-refractivity contribution in [3.63, 3.8) is 0 Å². The van der Waals surface area contributed by atoms with Gasteiger partial charge in [-0.05, 0) is 55.7 Å². The van der Waals surface area contributed by atoms with Gasteiger partial charge in [0.05, 0.1) is 16.5 Å².